The third kappa shape index (κ3) is 3.56. The Balaban J connectivity index is 2.07. The van der Waals surface area contributed by atoms with Crippen molar-refractivity contribution in [1.29, 1.82) is 0 Å². The Morgan fingerprint density at radius 2 is 1.91 bits per heavy atom. The molecule has 0 radical (unpaired) electrons. The Labute approximate surface area is 132 Å². The fourth-order valence-electron chi connectivity index (χ4n) is 2.62. The SMILES string of the molecule is Cc1ccccc1S(=O)(=O)NCCc1ncc(C)n1C(C)C. The van der Waals surface area contributed by atoms with Crippen molar-refractivity contribution in [2.45, 2.75) is 45.1 Å². The molecule has 0 amide bonds. The van der Waals surface area contributed by atoms with Gasteiger partial charge in [-0.3, -0.25) is 0 Å². The molecule has 5 nitrogen and oxygen atoms in total. The largest absolute Gasteiger partial charge is 0.330 e. The minimum absolute atomic E-state index is 0.311. The number of aromatic nitrogens is 2. The van der Waals surface area contributed by atoms with E-state index >= 15 is 0 Å². The molecular weight excluding hydrogens is 298 g/mol. The van der Waals surface area contributed by atoms with Crippen LogP contribution >= 0.6 is 0 Å². The van der Waals surface area contributed by atoms with E-state index in [1.54, 1.807) is 25.1 Å². The van der Waals surface area contributed by atoms with Gasteiger partial charge in [0, 0.05) is 30.9 Å². The summed E-state index contributed by atoms with van der Waals surface area (Å²) >= 11 is 0. The van der Waals surface area contributed by atoms with Gasteiger partial charge in [0.15, 0.2) is 0 Å². The van der Waals surface area contributed by atoms with Crippen molar-refractivity contribution in [2.24, 2.45) is 0 Å². The fraction of sp³-hybridized carbons (Fsp3) is 0.438. The number of nitrogens with zero attached hydrogens (tertiary/aromatic N) is 2. The van der Waals surface area contributed by atoms with Crippen molar-refractivity contribution < 1.29 is 8.42 Å². The highest BCUT2D eigenvalue weighted by atomic mass is 32.2. The molecule has 1 aromatic carbocycles. The van der Waals surface area contributed by atoms with Crippen LogP contribution in [0.3, 0.4) is 0 Å². The molecule has 0 aliphatic heterocycles. The third-order valence-corrected chi connectivity index (χ3v) is 5.22. The van der Waals surface area contributed by atoms with E-state index < -0.39 is 10.0 Å². The van der Waals surface area contributed by atoms with Crippen molar-refractivity contribution >= 4 is 10.0 Å². The zero-order valence-corrected chi connectivity index (χ0v) is 14.3. The average Bonchev–Trinajstić information content (AvgIpc) is 2.80. The summed E-state index contributed by atoms with van der Waals surface area (Å²) in [4.78, 5) is 4.71. The predicted molar refractivity (Wildman–Crippen MR) is 87.4 cm³/mol. The molecule has 0 spiro atoms. The van der Waals surface area contributed by atoms with Gasteiger partial charge in [-0.1, -0.05) is 18.2 Å². The van der Waals surface area contributed by atoms with E-state index in [1.165, 1.54) is 0 Å². The van der Waals surface area contributed by atoms with Gasteiger partial charge in [-0.15, -0.1) is 0 Å². The average molecular weight is 321 g/mol. The van der Waals surface area contributed by atoms with E-state index in [9.17, 15) is 8.42 Å². The second-order valence-corrected chi connectivity index (χ2v) is 7.43. The van der Waals surface area contributed by atoms with Crippen LogP contribution in [0.5, 0.6) is 0 Å². The van der Waals surface area contributed by atoms with Crippen LogP contribution in [-0.2, 0) is 16.4 Å². The smallest absolute Gasteiger partial charge is 0.240 e. The molecule has 1 heterocycles. The molecule has 0 saturated heterocycles. The molecule has 1 aromatic heterocycles. The van der Waals surface area contributed by atoms with E-state index in [4.69, 9.17) is 0 Å². The summed E-state index contributed by atoms with van der Waals surface area (Å²) in [5, 5.41) is 0. The number of sulfonamides is 1. The highest BCUT2D eigenvalue weighted by Gasteiger charge is 2.16. The summed E-state index contributed by atoms with van der Waals surface area (Å²) in [7, 11) is -3.47. The molecule has 0 atom stereocenters. The Morgan fingerprint density at radius 1 is 1.23 bits per heavy atom. The van der Waals surface area contributed by atoms with E-state index in [0.717, 1.165) is 17.1 Å². The monoisotopic (exact) mass is 321 g/mol. The lowest BCUT2D eigenvalue weighted by Gasteiger charge is -2.14. The van der Waals surface area contributed by atoms with Gasteiger partial charge in [0.25, 0.3) is 0 Å². The Morgan fingerprint density at radius 3 is 2.55 bits per heavy atom. The number of nitrogens with one attached hydrogen (secondary N) is 1. The minimum Gasteiger partial charge on any atom is -0.330 e. The van der Waals surface area contributed by atoms with Crippen LogP contribution in [0.2, 0.25) is 0 Å². The maximum absolute atomic E-state index is 12.3. The van der Waals surface area contributed by atoms with E-state index in [-0.39, 0.29) is 0 Å². The zero-order chi connectivity index (χ0) is 16.3. The zero-order valence-electron chi connectivity index (χ0n) is 13.5. The van der Waals surface area contributed by atoms with Crippen LogP contribution in [0, 0.1) is 13.8 Å². The Bertz CT molecular complexity index is 749. The first-order chi connectivity index (χ1) is 10.3. The molecule has 1 N–H and O–H groups in total. The first-order valence-corrected chi connectivity index (χ1v) is 8.89. The molecule has 0 fully saturated rings. The number of rotatable bonds is 6. The molecule has 0 aliphatic carbocycles. The van der Waals surface area contributed by atoms with E-state index in [2.05, 4.69) is 28.1 Å². The summed E-state index contributed by atoms with van der Waals surface area (Å²) in [6.07, 6.45) is 2.39. The van der Waals surface area contributed by atoms with Crippen molar-refractivity contribution in [3.05, 3.63) is 47.5 Å². The van der Waals surface area contributed by atoms with Gasteiger partial charge in [-0.25, -0.2) is 18.1 Å². The lowest BCUT2D eigenvalue weighted by molar-refractivity contribution is 0.548. The molecule has 0 aliphatic rings. The summed E-state index contributed by atoms with van der Waals surface area (Å²) in [6, 6.07) is 7.29. The lowest BCUT2D eigenvalue weighted by Crippen LogP contribution is -2.27. The molecule has 0 saturated carbocycles. The summed E-state index contributed by atoms with van der Waals surface area (Å²) in [5.41, 5.74) is 1.83. The van der Waals surface area contributed by atoms with Gasteiger partial charge in [-0.2, -0.15) is 0 Å². The minimum atomic E-state index is -3.47. The third-order valence-electron chi connectivity index (χ3n) is 3.60. The lowest BCUT2D eigenvalue weighted by atomic mass is 10.2. The van der Waals surface area contributed by atoms with Crippen molar-refractivity contribution in [3.63, 3.8) is 0 Å². The number of aryl methyl sites for hydroxylation is 2. The van der Waals surface area contributed by atoms with Crippen LogP contribution in [0.4, 0.5) is 0 Å². The van der Waals surface area contributed by atoms with Crippen molar-refractivity contribution in [3.8, 4) is 0 Å². The second kappa shape index (κ2) is 6.62. The topological polar surface area (TPSA) is 64.0 Å². The highest BCUT2D eigenvalue weighted by Crippen LogP contribution is 2.15. The van der Waals surface area contributed by atoms with Crippen LogP contribution in [0.1, 0.15) is 37.0 Å². The first kappa shape index (κ1) is 16.7. The number of imidazole rings is 1. The molecule has 120 valence electrons. The Hall–Kier alpha value is -1.66. The Kier molecular flexibility index (Phi) is 5.03. The van der Waals surface area contributed by atoms with Gasteiger partial charge >= 0.3 is 0 Å². The number of hydrogen-bond acceptors (Lipinski definition) is 3. The molecular formula is C16H23N3O2S. The maximum atomic E-state index is 12.3. The molecule has 2 aromatic rings. The van der Waals surface area contributed by atoms with Gasteiger partial charge in [0.2, 0.25) is 10.0 Å². The van der Waals surface area contributed by atoms with Crippen molar-refractivity contribution in [2.75, 3.05) is 6.54 Å². The molecule has 22 heavy (non-hydrogen) atoms. The van der Waals surface area contributed by atoms with Crippen LogP contribution in [-0.4, -0.2) is 24.5 Å². The van der Waals surface area contributed by atoms with Gasteiger partial charge in [0.1, 0.15) is 5.82 Å². The van der Waals surface area contributed by atoms with Crippen LogP contribution < -0.4 is 4.72 Å². The molecule has 0 unspecified atom stereocenters. The molecule has 6 heteroatoms. The summed E-state index contributed by atoms with van der Waals surface area (Å²) in [6.45, 7) is 8.32. The fourth-order valence-corrected chi connectivity index (χ4v) is 3.90. The van der Waals surface area contributed by atoms with Crippen molar-refractivity contribution in [1.82, 2.24) is 14.3 Å². The molecule has 0 bridgehead atoms. The number of benzene rings is 1. The molecule has 2 rings (SSSR count). The quantitative estimate of drug-likeness (QED) is 0.889. The standard InChI is InChI=1S/C16H23N3O2S/c1-12(2)19-14(4)11-17-16(19)9-10-18-22(20,21)15-8-6-5-7-13(15)3/h5-8,11-12,18H,9-10H2,1-4H3. The van der Waals surface area contributed by atoms with Crippen LogP contribution in [0.25, 0.3) is 0 Å². The predicted octanol–water partition coefficient (Wildman–Crippen LogP) is 2.60. The maximum Gasteiger partial charge on any atom is 0.240 e. The van der Waals surface area contributed by atoms with Crippen LogP contribution in [0.15, 0.2) is 35.4 Å². The van der Waals surface area contributed by atoms with Gasteiger partial charge < -0.3 is 4.57 Å². The van der Waals surface area contributed by atoms with E-state index in [1.807, 2.05) is 19.2 Å². The van der Waals surface area contributed by atoms with Gasteiger partial charge in [0.05, 0.1) is 4.90 Å². The normalized spacial score (nSPS) is 12.0. The second-order valence-electron chi connectivity index (χ2n) is 5.69. The number of hydrogen-bond donors (Lipinski definition) is 1. The first-order valence-electron chi connectivity index (χ1n) is 7.41. The van der Waals surface area contributed by atoms with E-state index in [0.29, 0.717) is 23.9 Å². The van der Waals surface area contributed by atoms with Gasteiger partial charge in [-0.05, 0) is 39.3 Å². The highest BCUT2D eigenvalue weighted by molar-refractivity contribution is 7.89. The summed E-state index contributed by atoms with van der Waals surface area (Å²) < 4.78 is 29.4. The summed E-state index contributed by atoms with van der Waals surface area (Å²) in [5.74, 6) is 0.903.